The van der Waals surface area contributed by atoms with E-state index in [9.17, 15) is 14.7 Å². The first-order valence-corrected chi connectivity index (χ1v) is 7.69. The highest BCUT2D eigenvalue weighted by atomic mass is 16.5. The lowest BCUT2D eigenvalue weighted by Crippen LogP contribution is -2.52. The van der Waals surface area contributed by atoms with E-state index in [1.54, 1.807) is 11.0 Å². The zero-order valence-electron chi connectivity index (χ0n) is 12.7. The molecule has 0 atom stereocenters. The van der Waals surface area contributed by atoms with Crippen LogP contribution in [0.25, 0.3) is 0 Å². The van der Waals surface area contributed by atoms with E-state index in [1.165, 1.54) is 0 Å². The Labute approximate surface area is 134 Å². The standard InChI is InChI=1S/C17H18N2O4/c18-10-12-1-2-14-11-19(6-3-13(14)9-12)15(20)17(16(21)22)4-7-23-8-5-17/h1-2,9H,3-8,11H2,(H,21,22). The maximum absolute atomic E-state index is 12.9. The molecule has 2 heterocycles. The van der Waals surface area contributed by atoms with E-state index >= 15 is 0 Å². The molecule has 0 radical (unpaired) electrons. The summed E-state index contributed by atoms with van der Waals surface area (Å²) in [7, 11) is 0. The van der Waals surface area contributed by atoms with E-state index in [0.717, 1.165) is 11.1 Å². The molecule has 1 fully saturated rings. The van der Waals surface area contributed by atoms with Crippen LogP contribution in [0.5, 0.6) is 0 Å². The van der Waals surface area contributed by atoms with E-state index in [2.05, 4.69) is 6.07 Å². The van der Waals surface area contributed by atoms with Gasteiger partial charge in [-0.3, -0.25) is 9.59 Å². The molecule has 0 unspecified atom stereocenters. The number of fused-ring (bicyclic) bond motifs is 1. The van der Waals surface area contributed by atoms with Crippen molar-refractivity contribution in [2.75, 3.05) is 19.8 Å². The molecule has 1 aromatic carbocycles. The summed E-state index contributed by atoms with van der Waals surface area (Å²) in [6.45, 7) is 1.48. The summed E-state index contributed by atoms with van der Waals surface area (Å²) in [5.41, 5.74) is 1.29. The minimum Gasteiger partial charge on any atom is -0.480 e. The highest BCUT2D eigenvalue weighted by Crippen LogP contribution is 2.35. The Morgan fingerprint density at radius 3 is 2.65 bits per heavy atom. The zero-order valence-corrected chi connectivity index (χ0v) is 12.7. The van der Waals surface area contributed by atoms with Crippen molar-refractivity contribution >= 4 is 11.9 Å². The number of aliphatic carboxylic acids is 1. The SMILES string of the molecule is N#Cc1ccc2c(c1)CCN(C(=O)C1(C(=O)O)CCOCC1)C2. The second-order valence-electron chi connectivity index (χ2n) is 6.07. The zero-order chi connectivity index (χ0) is 16.4. The first kappa shape index (κ1) is 15.5. The maximum Gasteiger partial charge on any atom is 0.319 e. The van der Waals surface area contributed by atoms with E-state index in [4.69, 9.17) is 10.00 Å². The predicted octanol–water partition coefficient (Wildman–Crippen LogP) is 1.32. The molecule has 120 valence electrons. The lowest BCUT2D eigenvalue weighted by Gasteiger charge is -2.38. The molecule has 1 saturated heterocycles. The van der Waals surface area contributed by atoms with E-state index in [0.29, 0.717) is 38.3 Å². The van der Waals surface area contributed by atoms with Gasteiger partial charge >= 0.3 is 5.97 Å². The third kappa shape index (κ3) is 2.68. The fourth-order valence-corrected chi connectivity index (χ4v) is 3.34. The maximum atomic E-state index is 12.9. The molecular weight excluding hydrogens is 296 g/mol. The lowest BCUT2D eigenvalue weighted by molar-refractivity contribution is -0.168. The third-order valence-electron chi connectivity index (χ3n) is 4.80. The van der Waals surface area contributed by atoms with Gasteiger partial charge in [0.2, 0.25) is 5.91 Å². The van der Waals surface area contributed by atoms with Crippen molar-refractivity contribution in [3.05, 3.63) is 34.9 Å². The summed E-state index contributed by atoms with van der Waals surface area (Å²) >= 11 is 0. The Morgan fingerprint density at radius 2 is 2.00 bits per heavy atom. The van der Waals surface area contributed by atoms with Crippen LogP contribution in [0, 0.1) is 16.7 Å². The number of carbonyl (C=O) groups excluding carboxylic acids is 1. The Balaban J connectivity index is 1.83. The molecular formula is C17H18N2O4. The van der Waals surface area contributed by atoms with Crippen LogP contribution in [-0.2, 0) is 27.3 Å². The van der Waals surface area contributed by atoms with E-state index in [-0.39, 0.29) is 18.7 Å². The van der Waals surface area contributed by atoms with Crippen molar-refractivity contribution in [2.24, 2.45) is 5.41 Å². The monoisotopic (exact) mass is 314 g/mol. The van der Waals surface area contributed by atoms with Gasteiger partial charge in [-0.05, 0) is 42.5 Å². The van der Waals surface area contributed by atoms with Crippen LogP contribution in [0.2, 0.25) is 0 Å². The lowest BCUT2D eigenvalue weighted by atomic mass is 9.78. The van der Waals surface area contributed by atoms with Crippen molar-refractivity contribution in [3.63, 3.8) is 0 Å². The number of benzene rings is 1. The van der Waals surface area contributed by atoms with Crippen LogP contribution >= 0.6 is 0 Å². The molecule has 2 aliphatic rings. The molecule has 6 heteroatoms. The summed E-state index contributed by atoms with van der Waals surface area (Å²) < 4.78 is 5.23. The quantitative estimate of drug-likeness (QED) is 0.832. The molecule has 0 spiro atoms. The van der Waals surface area contributed by atoms with E-state index < -0.39 is 11.4 Å². The van der Waals surface area contributed by atoms with Crippen molar-refractivity contribution in [3.8, 4) is 6.07 Å². The average molecular weight is 314 g/mol. The topological polar surface area (TPSA) is 90.6 Å². The smallest absolute Gasteiger partial charge is 0.319 e. The molecule has 0 saturated carbocycles. The van der Waals surface area contributed by atoms with Crippen LogP contribution in [0.15, 0.2) is 18.2 Å². The normalized spacial score (nSPS) is 19.5. The predicted molar refractivity (Wildman–Crippen MR) is 80.4 cm³/mol. The molecule has 0 aliphatic carbocycles. The van der Waals surface area contributed by atoms with Gasteiger partial charge in [0.25, 0.3) is 0 Å². The molecule has 0 aromatic heterocycles. The number of carboxylic acid groups (broad SMARTS) is 1. The Kier molecular flexibility index (Phi) is 4.05. The van der Waals surface area contributed by atoms with Gasteiger partial charge in [-0.1, -0.05) is 6.07 Å². The van der Waals surface area contributed by atoms with E-state index in [1.807, 2.05) is 12.1 Å². The molecule has 2 aliphatic heterocycles. The number of amides is 1. The van der Waals surface area contributed by atoms with Gasteiger partial charge in [-0.15, -0.1) is 0 Å². The van der Waals surface area contributed by atoms with Gasteiger partial charge in [0.15, 0.2) is 5.41 Å². The number of carboxylic acids is 1. The fraction of sp³-hybridized carbons (Fsp3) is 0.471. The average Bonchev–Trinajstić information content (AvgIpc) is 2.60. The largest absolute Gasteiger partial charge is 0.480 e. The molecule has 0 bridgehead atoms. The van der Waals surface area contributed by atoms with Gasteiger partial charge in [0, 0.05) is 26.3 Å². The minimum absolute atomic E-state index is 0.220. The molecule has 1 N–H and O–H groups in total. The van der Waals surface area contributed by atoms with Crippen LogP contribution < -0.4 is 0 Å². The van der Waals surface area contributed by atoms with Gasteiger partial charge in [0.1, 0.15) is 0 Å². The minimum atomic E-state index is -1.36. The molecule has 3 rings (SSSR count). The fourth-order valence-electron chi connectivity index (χ4n) is 3.34. The number of hydrogen-bond donors (Lipinski definition) is 1. The molecule has 23 heavy (non-hydrogen) atoms. The highest BCUT2D eigenvalue weighted by Gasteiger charge is 2.49. The molecule has 1 amide bonds. The van der Waals surface area contributed by atoms with Crippen LogP contribution in [0.4, 0.5) is 0 Å². The number of nitriles is 1. The number of hydrogen-bond acceptors (Lipinski definition) is 4. The number of rotatable bonds is 2. The summed E-state index contributed by atoms with van der Waals surface area (Å²) in [6.07, 6.45) is 1.08. The van der Waals surface area contributed by atoms with Gasteiger partial charge in [-0.2, -0.15) is 5.26 Å². The van der Waals surface area contributed by atoms with Crippen LogP contribution in [0.3, 0.4) is 0 Å². The van der Waals surface area contributed by atoms with Gasteiger partial charge in [0.05, 0.1) is 11.6 Å². The Bertz CT molecular complexity index is 686. The Morgan fingerprint density at radius 1 is 1.26 bits per heavy atom. The first-order valence-electron chi connectivity index (χ1n) is 7.69. The van der Waals surface area contributed by atoms with Crippen molar-refractivity contribution < 1.29 is 19.4 Å². The van der Waals surface area contributed by atoms with Crippen molar-refractivity contribution in [2.45, 2.75) is 25.8 Å². The third-order valence-corrected chi connectivity index (χ3v) is 4.80. The van der Waals surface area contributed by atoms with Gasteiger partial charge < -0.3 is 14.7 Å². The summed E-state index contributed by atoms with van der Waals surface area (Å²) in [5.74, 6) is -1.38. The first-order chi connectivity index (χ1) is 11.1. The summed E-state index contributed by atoms with van der Waals surface area (Å²) in [6, 6.07) is 7.54. The van der Waals surface area contributed by atoms with Crippen LogP contribution in [0.1, 0.15) is 29.5 Å². The highest BCUT2D eigenvalue weighted by molar-refractivity contribution is 6.02. The number of carbonyl (C=O) groups is 2. The summed E-state index contributed by atoms with van der Waals surface area (Å²) in [5, 5.41) is 18.6. The second-order valence-corrected chi connectivity index (χ2v) is 6.07. The number of nitrogens with zero attached hydrogens (tertiary/aromatic N) is 2. The van der Waals surface area contributed by atoms with Gasteiger partial charge in [-0.25, -0.2) is 0 Å². The van der Waals surface area contributed by atoms with Crippen molar-refractivity contribution in [1.82, 2.24) is 4.90 Å². The molecule has 6 nitrogen and oxygen atoms in total. The van der Waals surface area contributed by atoms with Crippen LogP contribution in [-0.4, -0.2) is 41.6 Å². The number of ether oxygens (including phenoxy) is 1. The van der Waals surface area contributed by atoms with Crippen molar-refractivity contribution in [1.29, 1.82) is 5.26 Å². The second kappa shape index (κ2) is 6.01. The molecule has 1 aromatic rings. The Hall–Kier alpha value is -2.39. The summed E-state index contributed by atoms with van der Waals surface area (Å²) in [4.78, 5) is 26.3.